The van der Waals surface area contributed by atoms with E-state index < -0.39 is 0 Å². The van der Waals surface area contributed by atoms with Gasteiger partial charge in [-0.05, 0) is 63.2 Å². The SMILES string of the molecule is CC(C)n1ncnc1CC1(CNC2CC2)CC2CCC1C2. The standard InChI is InChI=1S/C17H28N4/c1-12(2)21-16(19-11-20-21)9-17(10-18-15-5-6-15)8-13-3-4-14(17)7-13/h11-15,18H,3-10H2,1-2H3. The zero-order valence-electron chi connectivity index (χ0n) is 13.4. The second-order valence-electron chi connectivity index (χ2n) is 7.99. The van der Waals surface area contributed by atoms with Crippen molar-refractivity contribution < 1.29 is 0 Å². The first kappa shape index (κ1) is 13.7. The van der Waals surface area contributed by atoms with Crippen LogP contribution in [0.2, 0.25) is 0 Å². The molecule has 1 heterocycles. The molecule has 0 spiro atoms. The van der Waals surface area contributed by atoms with Gasteiger partial charge in [0.1, 0.15) is 12.2 Å². The zero-order valence-corrected chi connectivity index (χ0v) is 13.4. The van der Waals surface area contributed by atoms with E-state index in [2.05, 4.69) is 33.9 Å². The highest BCUT2D eigenvalue weighted by atomic mass is 15.3. The molecule has 116 valence electrons. The van der Waals surface area contributed by atoms with Gasteiger partial charge in [0.25, 0.3) is 0 Å². The van der Waals surface area contributed by atoms with Crippen LogP contribution in [0.3, 0.4) is 0 Å². The molecule has 1 aromatic heterocycles. The molecule has 4 heteroatoms. The summed E-state index contributed by atoms with van der Waals surface area (Å²) < 4.78 is 2.13. The van der Waals surface area contributed by atoms with Crippen LogP contribution in [0.25, 0.3) is 0 Å². The molecule has 0 radical (unpaired) electrons. The number of fused-ring (bicyclic) bond motifs is 2. The van der Waals surface area contributed by atoms with Crippen LogP contribution in [-0.4, -0.2) is 27.4 Å². The molecule has 0 saturated heterocycles. The molecule has 21 heavy (non-hydrogen) atoms. The Balaban J connectivity index is 1.55. The fraction of sp³-hybridized carbons (Fsp3) is 0.882. The van der Waals surface area contributed by atoms with Crippen molar-refractivity contribution in [1.82, 2.24) is 20.1 Å². The van der Waals surface area contributed by atoms with E-state index in [0.717, 1.165) is 24.3 Å². The maximum atomic E-state index is 4.60. The predicted octanol–water partition coefficient (Wildman–Crippen LogP) is 2.96. The third kappa shape index (κ3) is 2.52. The molecule has 3 unspecified atom stereocenters. The van der Waals surface area contributed by atoms with Gasteiger partial charge in [0.15, 0.2) is 0 Å². The van der Waals surface area contributed by atoms with Crippen LogP contribution in [0.15, 0.2) is 6.33 Å². The predicted molar refractivity (Wildman–Crippen MR) is 83.0 cm³/mol. The lowest BCUT2D eigenvalue weighted by Gasteiger charge is -2.38. The minimum Gasteiger partial charge on any atom is -0.313 e. The van der Waals surface area contributed by atoms with E-state index in [-0.39, 0.29) is 0 Å². The van der Waals surface area contributed by atoms with Crippen LogP contribution in [0.5, 0.6) is 0 Å². The Hall–Kier alpha value is -0.900. The Morgan fingerprint density at radius 3 is 2.81 bits per heavy atom. The van der Waals surface area contributed by atoms with Crippen LogP contribution >= 0.6 is 0 Å². The van der Waals surface area contributed by atoms with Crippen molar-refractivity contribution in [2.24, 2.45) is 17.3 Å². The molecule has 3 fully saturated rings. The smallest absolute Gasteiger partial charge is 0.138 e. The average Bonchev–Trinajstić information content (AvgIpc) is 2.86. The molecule has 0 aliphatic heterocycles. The lowest BCUT2D eigenvalue weighted by molar-refractivity contribution is 0.149. The molecular formula is C17H28N4. The number of hydrogen-bond donors (Lipinski definition) is 1. The van der Waals surface area contributed by atoms with Gasteiger partial charge < -0.3 is 5.32 Å². The van der Waals surface area contributed by atoms with Crippen molar-refractivity contribution in [2.75, 3.05) is 6.54 Å². The summed E-state index contributed by atoms with van der Waals surface area (Å²) in [4.78, 5) is 4.60. The minimum absolute atomic E-state index is 0.412. The quantitative estimate of drug-likeness (QED) is 0.875. The molecule has 3 atom stereocenters. The van der Waals surface area contributed by atoms with Gasteiger partial charge in [0.2, 0.25) is 0 Å². The summed E-state index contributed by atoms with van der Waals surface area (Å²) in [6.45, 7) is 5.60. The van der Waals surface area contributed by atoms with Crippen molar-refractivity contribution in [1.29, 1.82) is 0 Å². The summed E-state index contributed by atoms with van der Waals surface area (Å²) in [5.41, 5.74) is 0.450. The van der Waals surface area contributed by atoms with Crippen LogP contribution < -0.4 is 5.32 Å². The van der Waals surface area contributed by atoms with E-state index in [1.54, 1.807) is 6.33 Å². The van der Waals surface area contributed by atoms with Crippen LogP contribution in [-0.2, 0) is 6.42 Å². The molecule has 3 aliphatic carbocycles. The minimum atomic E-state index is 0.412. The van der Waals surface area contributed by atoms with Crippen molar-refractivity contribution in [3.05, 3.63) is 12.2 Å². The van der Waals surface area contributed by atoms with E-state index in [1.165, 1.54) is 50.9 Å². The van der Waals surface area contributed by atoms with Crippen LogP contribution in [0.4, 0.5) is 0 Å². The fourth-order valence-corrected chi connectivity index (χ4v) is 4.84. The second kappa shape index (κ2) is 5.08. The van der Waals surface area contributed by atoms with Gasteiger partial charge >= 0.3 is 0 Å². The fourth-order valence-electron chi connectivity index (χ4n) is 4.84. The molecule has 3 saturated carbocycles. The molecular weight excluding hydrogens is 260 g/mol. The van der Waals surface area contributed by atoms with Gasteiger partial charge in [-0.25, -0.2) is 9.67 Å². The number of aromatic nitrogens is 3. The van der Waals surface area contributed by atoms with Crippen molar-refractivity contribution in [3.8, 4) is 0 Å². The van der Waals surface area contributed by atoms with Crippen molar-refractivity contribution in [2.45, 2.75) is 70.9 Å². The Labute approximate surface area is 127 Å². The Morgan fingerprint density at radius 2 is 2.19 bits per heavy atom. The van der Waals surface area contributed by atoms with E-state index >= 15 is 0 Å². The molecule has 2 bridgehead atoms. The van der Waals surface area contributed by atoms with Crippen molar-refractivity contribution >= 4 is 0 Å². The monoisotopic (exact) mass is 288 g/mol. The first-order valence-electron chi connectivity index (χ1n) is 8.78. The molecule has 0 aromatic carbocycles. The lowest BCUT2D eigenvalue weighted by atomic mass is 9.70. The highest BCUT2D eigenvalue weighted by Gasteiger charge is 2.51. The first-order valence-corrected chi connectivity index (χ1v) is 8.78. The van der Waals surface area contributed by atoms with E-state index in [9.17, 15) is 0 Å². The molecule has 4 nitrogen and oxygen atoms in total. The molecule has 1 N–H and O–H groups in total. The summed E-state index contributed by atoms with van der Waals surface area (Å²) >= 11 is 0. The third-order valence-electron chi connectivity index (χ3n) is 6.07. The Bertz CT molecular complexity index is 505. The van der Waals surface area contributed by atoms with E-state index in [0.29, 0.717) is 11.5 Å². The Kier molecular flexibility index (Phi) is 3.32. The van der Waals surface area contributed by atoms with Gasteiger partial charge in [-0.1, -0.05) is 6.42 Å². The second-order valence-corrected chi connectivity index (χ2v) is 7.99. The molecule has 4 rings (SSSR count). The third-order valence-corrected chi connectivity index (χ3v) is 6.07. The van der Waals surface area contributed by atoms with E-state index in [1.807, 2.05) is 0 Å². The normalized spacial score (nSPS) is 35.0. The van der Waals surface area contributed by atoms with Gasteiger partial charge in [0.05, 0.1) is 0 Å². The summed E-state index contributed by atoms with van der Waals surface area (Å²) in [7, 11) is 0. The molecule has 3 aliphatic rings. The highest BCUT2D eigenvalue weighted by Crippen LogP contribution is 2.57. The van der Waals surface area contributed by atoms with Crippen molar-refractivity contribution in [3.63, 3.8) is 0 Å². The molecule has 0 amide bonds. The first-order chi connectivity index (χ1) is 10.2. The number of nitrogens with one attached hydrogen (secondary N) is 1. The summed E-state index contributed by atoms with van der Waals surface area (Å²) in [5.74, 6) is 3.09. The number of nitrogens with zero attached hydrogens (tertiary/aromatic N) is 3. The average molecular weight is 288 g/mol. The Morgan fingerprint density at radius 1 is 1.33 bits per heavy atom. The van der Waals surface area contributed by atoms with Crippen LogP contribution in [0.1, 0.15) is 64.2 Å². The van der Waals surface area contributed by atoms with Gasteiger partial charge in [0, 0.05) is 25.0 Å². The number of hydrogen-bond acceptors (Lipinski definition) is 3. The van der Waals surface area contributed by atoms with Gasteiger partial charge in [-0.2, -0.15) is 5.10 Å². The number of rotatable bonds is 6. The largest absolute Gasteiger partial charge is 0.313 e. The van der Waals surface area contributed by atoms with Crippen LogP contribution in [0, 0.1) is 17.3 Å². The summed E-state index contributed by atoms with van der Waals surface area (Å²) in [5, 5.41) is 8.27. The lowest BCUT2D eigenvalue weighted by Crippen LogP contribution is -2.42. The van der Waals surface area contributed by atoms with E-state index in [4.69, 9.17) is 0 Å². The molecule has 1 aromatic rings. The maximum absolute atomic E-state index is 4.60. The van der Waals surface area contributed by atoms with Gasteiger partial charge in [-0.3, -0.25) is 0 Å². The highest BCUT2D eigenvalue weighted by molar-refractivity contribution is 5.07. The summed E-state index contributed by atoms with van der Waals surface area (Å²) in [6, 6.07) is 1.22. The summed E-state index contributed by atoms with van der Waals surface area (Å²) in [6.07, 6.45) is 11.4. The topological polar surface area (TPSA) is 42.7 Å². The maximum Gasteiger partial charge on any atom is 0.138 e. The zero-order chi connectivity index (χ0) is 14.4. The van der Waals surface area contributed by atoms with Gasteiger partial charge in [-0.15, -0.1) is 0 Å².